The summed E-state index contributed by atoms with van der Waals surface area (Å²) in [5.41, 5.74) is 0.170. The Labute approximate surface area is 108 Å². The normalized spacial score (nSPS) is 10.3. The topological polar surface area (TPSA) is 20.3 Å². The van der Waals surface area contributed by atoms with Crippen molar-refractivity contribution >= 4 is 11.6 Å². The first-order valence-electron chi connectivity index (χ1n) is 5.47. The van der Waals surface area contributed by atoms with Gasteiger partial charge in [0.15, 0.2) is 0 Å². The Morgan fingerprint density at radius 2 is 1.53 bits per heavy atom. The minimum Gasteiger partial charge on any atom is -0.311 e. The lowest BCUT2D eigenvalue weighted by molar-refractivity contribution is 0.0989. The van der Waals surface area contributed by atoms with Crippen molar-refractivity contribution in [2.45, 2.75) is 0 Å². The molecule has 1 amide bonds. The van der Waals surface area contributed by atoms with Crippen molar-refractivity contribution in [2.75, 3.05) is 11.9 Å². The molecule has 0 aliphatic carbocycles. The molecular weight excluding hydrogens is 255 g/mol. The first-order valence-corrected chi connectivity index (χ1v) is 5.47. The van der Waals surface area contributed by atoms with Gasteiger partial charge in [0.05, 0.1) is 5.56 Å². The van der Waals surface area contributed by atoms with E-state index >= 15 is 0 Å². The standard InChI is InChI=1S/C14H10F3NO/c1-18(11-5-2-9(15)3-6-11)14(19)12-7-4-10(16)8-13(12)17/h2-8H,1H3. The van der Waals surface area contributed by atoms with Crippen molar-refractivity contribution in [3.8, 4) is 0 Å². The second-order valence-electron chi connectivity index (χ2n) is 3.96. The summed E-state index contributed by atoms with van der Waals surface area (Å²) >= 11 is 0. The van der Waals surface area contributed by atoms with Gasteiger partial charge in [0.2, 0.25) is 0 Å². The summed E-state index contributed by atoms with van der Waals surface area (Å²) in [5, 5.41) is 0. The lowest BCUT2D eigenvalue weighted by atomic mass is 10.1. The average Bonchev–Trinajstić information content (AvgIpc) is 2.38. The molecule has 98 valence electrons. The van der Waals surface area contributed by atoms with Crippen LogP contribution in [0, 0.1) is 17.5 Å². The maximum atomic E-state index is 13.5. The smallest absolute Gasteiger partial charge is 0.260 e. The molecule has 5 heteroatoms. The molecule has 0 bridgehead atoms. The van der Waals surface area contributed by atoms with Gasteiger partial charge in [-0.25, -0.2) is 13.2 Å². The number of hydrogen-bond donors (Lipinski definition) is 0. The summed E-state index contributed by atoms with van der Waals surface area (Å²) in [6.45, 7) is 0. The van der Waals surface area contributed by atoms with Gasteiger partial charge >= 0.3 is 0 Å². The number of amides is 1. The fourth-order valence-corrected chi connectivity index (χ4v) is 1.63. The van der Waals surface area contributed by atoms with E-state index in [0.29, 0.717) is 11.8 Å². The second kappa shape index (κ2) is 5.14. The number of benzene rings is 2. The SMILES string of the molecule is CN(C(=O)c1ccc(F)cc1F)c1ccc(F)cc1. The van der Waals surface area contributed by atoms with Gasteiger partial charge in [0, 0.05) is 18.8 Å². The summed E-state index contributed by atoms with van der Waals surface area (Å²) in [6, 6.07) is 7.91. The molecule has 2 aromatic rings. The largest absolute Gasteiger partial charge is 0.311 e. The second-order valence-corrected chi connectivity index (χ2v) is 3.96. The first kappa shape index (κ1) is 13.1. The van der Waals surface area contributed by atoms with Crippen molar-refractivity contribution in [1.29, 1.82) is 0 Å². The predicted octanol–water partition coefficient (Wildman–Crippen LogP) is 3.38. The Morgan fingerprint density at radius 1 is 0.947 bits per heavy atom. The van der Waals surface area contributed by atoms with Gasteiger partial charge in [-0.3, -0.25) is 4.79 Å². The predicted molar refractivity (Wildman–Crippen MR) is 65.5 cm³/mol. The van der Waals surface area contributed by atoms with Gasteiger partial charge < -0.3 is 4.90 Å². The number of rotatable bonds is 2. The highest BCUT2D eigenvalue weighted by molar-refractivity contribution is 6.05. The maximum absolute atomic E-state index is 13.5. The van der Waals surface area contributed by atoms with Crippen molar-refractivity contribution in [2.24, 2.45) is 0 Å². The molecule has 2 aromatic carbocycles. The highest BCUT2D eigenvalue weighted by atomic mass is 19.1. The molecule has 2 rings (SSSR count). The Kier molecular flexibility index (Phi) is 3.55. The molecule has 0 saturated heterocycles. The van der Waals surface area contributed by atoms with Crippen molar-refractivity contribution in [1.82, 2.24) is 0 Å². The third-order valence-corrected chi connectivity index (χ3v) is 2.68. The number of halogens is 3. The monoisotopic (exact) mass is 265 g/mol. The number of anilines is 1. The highest BCUT2D eigenvalue weighted by Gasteiger charge is 2.17. The molecule has 0 spiro atoms. The molecule has 0 aromatic heterocycles. The van der Waals surface area contributed by atoms with Crippen LogP contribution >= 0.6 is 0 Å². The maximum Gasteiger partial charge on any atom is 0.260 e. The van der Waals surface area contributed by atoms with Crippen LogP contribution in [0.4, 0.5) is 18.9 Å². The summed E-state index contributed by atoms with van der Waals surface area (Å²) in [6.07, 6.45) is 0. The van der Waals surface area contributed by atoms with Gasteiger partial charge in [-0.15, -0.1) is 0 Å². The Bertz CT molecular complexity index is 611. The molecule has 0 unspecified atom stereocenters. The fourth-order valence-electron chi connectivity index (χ4n) is 1.63. The molecule has 0 fully saturated rings. The lowest BCUT2D eigenvalue weighted by Gasteiger charge is -2.17. The van der Waals surface area contributed by atoms with Crippen LogP contribution in [0.5, 0.6) is 0 Å². The Balaban J connectivity index is 2.30. The molecular formula is C14H10F3NO. The van der Waals surface area contributed by atoms with E-state index in [1.165, 1.54) is 31.3 Å². The van der Waals surface area contributed by atoms with Gasteiger partial charge in [0.1, 0.15) is 17.5 Å². The van der Waals surface area contributed by atoms with Crippen LogP contribution in [0.3, 0.4) is 0 Å². The van der Waals surface area contributed by atoms with Crippen LogP contribution in [0.25, 0.3) is 0 Å². The van der Waals surface area contributed by atoms with E-state index in [0.717, 1.165) is 17.0 Å². The quantitative estimate of drug-likeness (QED) is 0.815. The molecule has 19 heavy (non-hydrogen) atoms. The lowest BCUT2D eigenvalue weighted by Crippen LogP contribution is -2.27. The number of carbonyl (C=O) groups is 1. The van der Waals surface area contributed by atoms with Crippen molar-refractivity contribution in [3.63, 3.8) is 0 Å². The molecule has 0 aliphatic heterocycles. The van der Waals surface area contributed by atoms with Crippen molar-refractivity contribution in [3.05, 3.63) is 65.5 Å². The van der Waals surface area contributed by atoms with E-state index < -0.39 is 23.4 Å². The van der Waals surface area contributed by atoms with Crippen LogP contribution < -0.4 is 4.90 Å². The number of nitrogens with zero attached hydrogens (tertiary/aromatic N) is 1. The van der Waals surface area contributed by atoms with Crippen LogP contribution in [0.1, 0.15) is 10.4 Å². The zero-order chi connectivity index (χ0) is 14.0. The van der Waals surface area contributed by atoms with E-state index in [4.69, 9.17) is 0 Å². The van der Waals surface area contributed by atoms with E-state index in [-0.39, 0.29) is 5.56 Å². The van der Waals surface area contributed by atoms with Crippen LogP contribution in [0.15, 0.2) is 42.5 Å². The van der Waals surface area contributed by atoms with Crippen LogP contribution in [0.2, 0.25) is 0 Å². The third kappa shape index (κ3) is 2.76. The molecule has 0 N–H and O–H groups in total. The molecule has 2 nitrogen and oxygen atoms in total. The molecule has 0 radical (unpaired) electrons. The average molecular weight is 265 g/mol. The van der Waals surface area contributed by atoms with Gasteiger partial charge in [-0.2, -0.15) is 0 Å². The first-order chi connectivity index (χ1) is 8.99. The summed E-state index contributed by atoms with van der Waals surface area (Å²) in [4.78, 5) is 13.2. The number of carbonyl (C=O) groups excluding carboxylic acids is 1. The third-order valence-electron chi connectivity index (χ3n) is 2.68. The summed E-state index contributed by atoms with van der Waals surface area (Å²) in [7, 11) is 1.43. The molecule has 0 saturated carbocycles. The zero-order valence-corrected chi connectivity index (χ0v) is 10.0. The summed E-state index contributed by atoms with van der Waals surface area (Å²) < 4.78 is 39.0. The minimum atomic E-state index is -0.932. The van der Waals surface area contributed by atoms with Crippen LogP contribution in [-0.4, -0.2) is 13.0 Å². The Hall–Kier alpha value is -2.30. The highest BCUT2D eigenvalue weighted by Crippen LogP contribution is 2.18. The molecule has 0 atom stereocenters. The zero-order valence-electron chi connectivity index (χ0n) is 10.0. The summed E-state index contributed by atoms with van der Waals surface area (Å²) in [5.74, 6) is -2.75. The van der Waals surface area contributed by atoms with Crippen LogP contribution in [-0.2, 0) is 0 Å². The van der Waals surface area contributed by atoms with Gasteiger partial charge in [-0.05, 0) is 36.4 Å². The van der Waals surface area contributed by atoms with E-state index in [2.05, 4.69) is 0 Å². The fraction of sp³-hybridized carbons (Fsp3) is 0.0714. The Morgan fingerprint density at radius 3 is 2.11 bits per heavy atom. The van der Waals surface area contributed by atoms with E-state index in [1.807, 2.05) is 0 Å². The van der Waals surface area contributed by atoms with E-state index in [1.54, 1.807) is 0 Å². The van der Waals surface area contributed by atoms with Crippen molar-refractivity contribution < 1.29 is 18.0 Å². The molecule has 0 heterocycles. The van der Waals surface area contributed by atoms with Gasteiger partial charge in [0.25, 0.3) is 5.91 Å². The molecule has 0 aliphatic rings. The van der Waals surface area contributed by atoms with E-state index in [9.17, 15) is 18.0 Å². The van der Waals surface area contributed by atoms with Gasteiger partial charge in [-0.1, -0.05) is 0 Å². The minimum absolute atomic E-state index is 0.242. The number of hydrogen-bond acceptors (Lipinski definition) is 1.